The lowest BCUT2D eigenvalue weighted by Crippen LogP contribution is -2.40. The molecule has 0 N–H and O–H groups in total. The number of carbonyl (C=O) groups excluding carboxylic acids is 1. The number of amides is 1. The van der Waals surface area contributed by atoms with Crippen LogP contribution in [-0.2, 0) is 11.3 Å². The molecule has 1 saturated heterocycles. The van der Waals surface area contributed by atoms with Gasteiger partial charge in [0.25, 0.3) is 0 Å². The topological polar surface area (TPSA) is 36.7 Å². The molecule has 1 aliphatic rings. The fraction of sp³-hybridized carbons (Fsp3) is 0.421. The van der Waals surface area contributed by atoms with E-state index in [9.17, 15) is 4.79 Å². The van der Waals surface area contributed by atoms with Gasteiger partial charge in [0.2, 0.25) is 5.91 Å². The molecule has 0 spiro atoms. The van der Waals surface area contributed by atoms with Gasteiger partial charge in [-0.25, -0.2) is 0 Å². The number of likely N-dealkylation sites (N-methyl/N-ethyl adjacent to an activating group) is 1. The van der Waals surface area contributed by atoms with Crippen LogP contribution in [0.25, 0.3) is 11.3 Å². The van der Waals surface area contributed by atoms with Crippen molar-refractivity contribution in [1.29, 1.82) is 0 Å². The van der Waals surface area contributed by atoms with Gasteiger partial charge in [-0.05, 0) is 50.2 Å². The number of benzene rings is 1. The van der Waals surface area contributed by atoms with Crippen LogP contribution in [0.2, 0.25) is 0 Å². The van der Waals surface area contributed by atoms with E-state index in [1.807, 2.05) is 43.4 Å². The summed E-state index contributed by atoms with van der Waals surface area (Å²) in [5.74, 6) is 1.79. The van der Waals surface area contributed by atoms with Gasteiger partial charge >= 0.3 is 0 Å². The van der Waals surface area contributed by atoms with E-state index in [2.05, 4.69) is 20.8 Å². The highest BCUT2D eigenvalue weighted by Crippen LogP contribution is 2.24. The van der Waals surface area contributed by atoms with Crippen molar-refractivity contribution in [2.75, 3.05) is 26.7 Å². The first-order valence-electron chi connectivity index (χ1n) is 8.43. The lowest BCUT2D eigenvalue weighted by molar-refractivity contribution is -0.132. The Labute approximate surface area is 151 Å². The van der Waals surface area contributed by atoms with Crippen LogP contribution in [0, 0.1) is 0 Å². The van der Waals surface area contributed by atoms with Crippen LogP contribution < -0.4 is 0 Å². The molecule has 0 unspecified atom stereocenters. The van der Waals surface area contributed by atoms with Crippen LogP contribution in [0.1, 0.15) is 25.0 Å². The number of halogens is 1. The molecule has 0 atom stereocenters. The van der Waals surface area contributed by atoms with Gasteiger partial charge in [-0.1, -0.05) is 34.5 Å². The summed E-state index contributed by atoms with van der Waals surface area (Å²) in [5.41, 5.74) is 1.03. The first kappa shape index (κ1) is 17.2. The quantitative estimate of drug-likeness (QED) is 0.768. The van der Waals surface area contributed by atoms with Gasteiger partial charge in [-0.3, -0.25) is 9.69 Å². The molecule has 24 heavy (non-hydrogen) atoms. The summed E-state index contributed by atoms with van der Waals surface area (Å²) in [6.45, 7) is 3.09. The third-order valence-corrected chi connectivity index (χ3v) is 4.95. The van der Waals surface area contributed by atoms with E-state index >= 15 is 0 Å². The van der Waals surface area contributed by atoms with Crippen molar-refractivity contribution in [2.24, 2.45) is 0 Å². The number of hydrogen-bond donors (Lipinski definition) is 0. The zero-order chi connectivity index (χ0) is 16.9. The Morgan fingerprint density at radius 2 is 1.83 bits per heavy atom. The number of rotatable bonds is 5. The van der Waals surface area contributed by atoms with Crippen molar-refractivity contribution in [1.82, 2.24) is 9.80 Å². The van der Waals surface area contributed by atoms with Crippen LogP contribution in [-0.4, -0.2) is 42.4 Å². The van der Waals surface area contributed by atoms with E-state index in [1.54, 1.807) is 4.90 Å². The number of piperidine rings is 1. The number of nitrogens with zero attached hydrogens (tertiary/aromatic N) is 2. The Bertz CT molecular complexity index is 675. The van der Waals surface area contributed by atoms with E-state index in [0.29, 0.717) is 13.1 Å². The molecule has 0 radical (unpaired) electrons. The summed E-state index contributed by atoms with van der Waals surface area (Å²) in [6.07, 6.45) is 3.68. The smallest absolute Gasteiger partial charge is 0.236 e. The molecular formula is C19H23BrN2O2. The van der Waals surface area contributed by atoms with Crippen molar-refractivity contribution in [3.63, 3.8) is 0 Å². The molecule has 5 heteroatoms. The van der Waals surface area contributed by atoms with Gasteiger partial charge in [-0.2, -0.15) is 0 Å². The van der Waals surface area contributed by atoms with Gasteiger partial charge in [0.15, 0.2) is 0 Å². The van der Waals surface area contributed by atoms with Gasteiger partial charge in [0.05, 0.1) is 13.1 Å². The molecule has 1 fully saturated rings. The summed E-state index contributed by atoms with van der Waals surface area (Å²) < 4.78 is 6.94. The minimum absolute atomic E-state index is 0.151. The first-order chi connectivity index (χ1) is 11.6. The Balaban J connectivity index is 1.57. The molecule has 0 bridgehead atoms. The predicted molar refractivity (Wildman–Crippen MR) is 98.6 cm³/mol. The highest BCUT2D eigenvalue weighted by atomic mass is 79.9. The second-order valence-corrected chi connectivity index (χ2v) is 7.28. The van der Waals surface area contributed by atoms with E-state index in [4.69, 9.17) is 4.42 Å². The highest BCUT2D eigenvalue weighted by Gasteiger charge is 2.17. The highest BCUT2D eigenvalue weighted by molar-refractivity contribution is 9.10. The molecule has 3 rings (SSSR count). The summed E-state index contributed by atoms with van der Waals surface area (Å²) in [7, 11) is 1.84. The SMILES string of the molecule is CN(Cc1ccc(-c2ccc(Br)cc2)o1)C(=O)CN1CCCCC1. The molecule has 1 aliphatic heterocycles. The maximum atomic E-state index is 12.4. The number of furan rings is 1. The van der Waals surface area contributed by atoms with E-state index in [0.717, 1.165) is 34.6 Å². The van der Waals surface area contributed by atoms with Gasteiger partial charge in [-0.15, -0.1) is 0 Å². The fourth-order valence-electron chi connectivity index (χ4n) is 2.98. The van der Waals surface area contributed by atoms with E-state index < -0.39 is 0 Å². The molecule has 1 aromatic carbocycles. The monoisotopic (exact) mass is 390 g/mol. The zero-order valence-electron chi connectivity index (χ0n) is 14.0. The van der Waals surface area contributed by atoms with Crippen molar-refractivity contribution >= 4 is 21.8 Å². The Hall–Kier alpha value is -1.59. The van der Waals surface area contributed by atoms with Crippen LogP contribution in [0.4, 0.5) is 0 Å². The summed E-state index contributed by atoms with van der Waals surface area (Å²) in [4.78, 5) is 16.4. The van der Waals surface area contributed by atoms with E-state index in [-0.39, 0.29) is 5.91 Å². The van der Waals surface area contributed by atoms with Gasteiger partial charge in [0.1, 0.15) is 11.5 Å². The molecule has 1 amide bonds. The lowest BCUT2D eigenvalue weighted by Gasteiger charge is -2.27. The predicted octanol–water partition coefficient (Wildman–Crippen LogP) is 4.15. The molecule has 4 nitrogen and oxygen atoms in total. The van der Waals surface area contributed by atoms with Crippen LogP contribution in [0.15, 0.2) is 45.3 Å². The summed E-state index contributed by atoms with van der Waals surface area (Å²) >= 11 is 3.43. The lowest BCUT2D eigenvalue weighted by atomic mass is 10.1. The largest absolute Gasteiger partial charge is 0.459 e. The van der Waals surface area contributed by atoms with Gasteiger partial charge in [0, 0.05) is 17.1 Å². The Morgan fingerprint density at radius 1 is 1.12 bits per heavy atom. The van der Waals surface area contributed by atoms with Crippen LogP contribution in [0.3, 0.4) is 0 Å². The van der Waals surface area contributed by atoms with Gasteiger partial charge < -0.3 is 9.32 Å². The average molecular weight is 391 g/mol. The molecule has 2 heterocycles. The maximum Gasteiger partial charge on any atom is 0.236 e. The van der Waals surface area contributed by atoms with Crippen LogP contribution in [0.5, 0.6) is 0 Å². The van der Waals surface area contributed by atoms with Crippen LogP contribution >= 0.6 is 15.9 Å². The minimum Gasteiger partial charge on any atom is -0.459 e. The Kier molecular flexibility index (Phi) is 5.74. The second-order valence-electron chi connectivity index (χ2n) is 6.36. The molecular weight excluding hydrogens is 368 g/mol. The standard InChI is InChI=1S/C19H23BrN2O2/c1-21(19(23)14-22-11-3-2-4-12-22)13-17-9-10-18(24-17)15-5-7-16(20)8-6-15/h5-10H,2-4,11-14H2,1H3. The molecule has 128 valence electrons. The third-order valence-electron chi connectivity index (χ3n) is 4.42. The second kappa shape index (κ2) is 7.99. The third kappa shape index (κ3) is 4.48. The number of hydrogen-bond acceptors (Lipinski definition) is 3. The minimum atomic E-state index is 0.151. The molecule has 1 aromatic heterocycles. The van der Waals surface area contributed by atoms with Crippen molar-refractivity contribution in [3.05, 3.63) is 46.6 Å². The van der Waals surface area contributed by atoms with E-state index in [1.165, 1.54) is 19.3 Å². The molecule has 0 saturated carbocycles. The van der Waals surface area contributed by atoms with Crippen molar-refractivity contribution in [3.8, 4) is 11.3 Å². The Morgan fingerprint density at radius 3 is 2.54 bits per heavy atom. The van der Waals surface area contributed by atoms with Crippen molar-refractivity contribution < 1.29 is 9.21 Å². The number of likely N-dealkylation sites (tertiary alicyclic amines) is 1. The molecule has 0 aliphatic carbocycles. The number of carbonyl (C=O) groups is 1. The average Bonchev–Trinajstić information content (AvgIpc) is 3.05. The zero-order valence-corrected chi connectivity index (χ0v) is 15.6. The summed E-state index contributed by atoms with van der Waals surface area (Å²) in [5, 5.41) is 0. The molecule has 2 aromatic rings. The first-order valence-corrected chi connectivity index (χ1v) is 9.22. The van der Waals surface area contributed by atoms with Crippen molar-refractivity contribution in [2.45, 2.75) is 25.8 Å². The fourth-order valence-corrected chi connectivity index (χ4v) is 3.25. The maximum absolute atomic E-state index is 12.4. The normalized spacial score (nSPS) is 15.4. The summed E-state index contributed by atoms with van der Waals surface area (Å²) in [6, 6.07) is 11.9.